The van der Waals surface area contributed by atoms with Crippen LogP contribution >= 0.6 is 27.3 Å². The first-order chi connectivity index (χ1) is 11.6. The number of hydrogen-bond acceptors (Lipinski definition) is 4. The smallest absolute Gasteiger partial charge is 0.203 e. The zero-order valence-electron chi connectivity index (χ0n) is 13.5. The molecule has 0 aliphatic rings. The van der Waals surface area contributed by atoms with Crippen LogP contribution < -0.4 is 5.43 Å². The third-order valence-corrected chi connectivity index (χ3v) is 4.90. The maximum Gasteiger partial charge on any atom is 0.203 e. The summed E-state index contributed by atoms with van der Waals surface area (Å²) in [5.74, 6) is 0.543. The molecule has 5 heteroatoms. The molecule has 0 spiro atoms. The topological polar surface area (TPSA) is 37.3 Å². The predicted octanol–water partition coefficient (Wildman–Crippen LogP) is 6.14. The Hall–Kier alpha value is -1.98. The quantitative estimate of drug-likeness (QED) is 0.413. The van der Waals surface area contributed by atoms with Gasteiger partial charge in [-0.2, -0.15) is 5.10 Å². The fraction of sp³-hybridized carbons (Fsp3) is 0.158. The third kappa shape index (κ3) is 4.30. The average molecular weight is 400 g/mol. The van der Waals surface area contributed by atoms with Gasteiger partial charge in [0.1, 0.15) is 0 Å². The van der Waals surface area contributed by atoms with Gasteiger partial charge in [-0.1, -0.05) is 66.2 Å². The number of hydrazone groups is 1. The molecule has 0 bridgehead atoms. The molecule has 1 aromatic heterocycles. The normalized spacial score (nSPS) is 11.3. The second-order valence-electron chi connectivity index (χ2n) is 5.74. The number of nitrogens with one attached hydrogen (secondary N) is 1. The molecule has 122 valence electrons. The summed E-state index contributed by atoms with van der Waals surface area (Å²) in [6, 6.07) is 16.6. The van der Waals surface area contributed by atoms with Gasteiger partial charge >= 0.3 is 0 Å². The molecule has 3 nitrogen and oxygen atoms in total. The van der Waals surface area contributed by atoms with Crippen molar-refractivity contribution in [2.24, 2.45) is 5.10 Å². The largest absolute Gasteiger partial charge is 0.253 e. The minimum atomic E-state index is 0.543. The molecular formula is C19H18BrN3S. The Morgan fingerprint density at radius 1 is 1.08 bits per heavy atom. The molecule has 0 saturated carbocycles. The van der Waals surface area contributed by atoms with Gasteiger partial charge in [0.15, 0.2) is 0 Å². The third-order valence-electron chi connectivity index (χ3n) is 3.62. The molecule has 0 unspecified atom stereocenters. The van der Waals surface area contributed by atoms with Crippen molar-refractivity contribution in [3.8, 4) is 11.3 Å². The van der Waals surface area contributed by atoms with E-state index in [2.05, 4.69) is 69.6 Å². The molecule has 0 saturated heterocycles. The average Bonchev–Trinajstić information content (AvgIpc) is 3.05. The van der Waals surface area contributed by atoms with E-state index in [9.17, 15) is 0 Å². The molecule has 0 radical (unpaired) electrons. The monoisotopic (exact) mass is 399 g/mol. The second kappa shape index (κ2) is 7.73. The lowest BCUT2D eigenvalue weighted by Gasteiger charge is -2.04. The maximum absolute atomic E-state index is 4.56. The highest BCUT2D eigenvalue weighted by Gasteiger charge is 2.03. The number of rotatable bonds is 5. The summed E-state index contributed by atoms with van der Waals surface area (Å²) in [5.41, 5.74) is 7.44. The predicted molar refractivity (Wildman–Crippen MR) is 107 cm³/mol. The van der Waals surface area contributed by atoms with E-state index < -0.39 is 0 Å². The molecule has 3 aromatic rings. The highest BCUT2D eigenvalue weighted by Crippen LogP contribution is 2.26. The van der Waals surface area contributed by atoms with Gasteiger partial charge in [0.05, 0.1) is 11.9 Å². The minimum absolute atomic E-state index is 0.543. The van der Waals surface area contributed by atoms with Crippen molar-refractivity contribution in [1.29, 1.82) is 0 Å². The van der Waals surface area contributed by atoms with Crippen LogP contribution in [0.15, 0.2) is 63.5 Å². The molecule has 0 aliphatic heterocycles. The van der Waals surface area contributed by atoms with Gasteiger partial charge in [-0.15, -0.1) is 11.3 Å². The van der Waals surface area contributed by atoms with E-state index in [4.69, 9.17) is 0 Å². The standard InChI is InChI=1S/C19H18BrN3S/c1-13(2)15-5-3-14(4-6-15)11-21-23-19-22-18(12-24-19)16-7-9-17(20)10-8-16/h3-13H,1-2H3,(H,22,23). The van der Waals surface area contributed by atoms with Gasteiger partial charge in [0.2, 0.25) is 5.13 Å². The maximum atomic E-state index is 4.56. The highest BCUT2D eigenvalue weighted by molar-refractivity contribution is 9.10. The lowest BCUT2D eigenvalue weighted by molar-refractivity contribution is 0.866. The van der Waals surface area contributed by atoms with E-state index >= 15 is 0 Å². The Balaban J connectivity index is 1.63. The van der Waals surface area contributed by atoms with Crippen molar-refractivity contribution < 1.29 is 0 Å². The van der Waals surface area contributed by atoms with Crippen LogP contribution in [0.5, 0.6) is 0 Å². The van der Waals surface area contributed by atoms with E-state index in [-0.39, 0.29) is 0 Å². The molecule has 0 atom stereocenters. The second-order valence-corrected chi connectivity index (χ2v) is 7.51. The van der Waals surface area contributed by atoms with E-state index in [0.717, 1.165) is 26.4 Å². The Morgan fingerprint density at radius 3 is 2.46 bits per heavy atom. The molecule has 0 fully saturated rings. The summed E-state index contributed by atoms with van der Waals surface area (Å²) >= 11 is 4.98. The molecule has 1 N–H and O–H groups in total. The lowest BCUT2D eigenvalue weighted by Crippen LogP contribution is -1.91. The molecule has 1 heterocycles. The van der Waals surface area contributed by atoms with E-state index in [1.54, 1.807) is 11.3 Å². The number of nitrogens with zero attached hydrogens (tertiary/aromatic N) is 2. The Bertz CT molecular complexity index is 821. The Labute approximate surface area is 154 Å². The van der Waals surface area contributed by atoms with Gasteiger partial charge < -0.3 is 0 Å². The van der Waals surface area contributed by atoms with Crippen molar-refractivity contribution >= 4 is 38.6 Å². The fourth-order valence-electron chi connectivity index (χ4n) is 2.21. The molecule has 2 aromatic carbocycles. The van der Waals surface area contributed by atoms with Crippen LogP contribution in [-0.2, 0) is 0 Å². The summed E-state index contributed by atoms with van der Waals surface area (Å²) in [4.78, 5) is 4.56. The van der Waals surface area contributed by atoms with Crippen LogP contribution in [0, 0.1) is 0 Å². The first kappa shape index (κ1) is 16.9. The van der Waals surface area contributed by atoms with E-state index in [0.29, 0.717) is 5.92 Å². The fourth-order valence-corrected chi connectivity index (χ4v) is 3.14. The van der Waals surface area contributed by atoms with Crippen molar-refractivity contribution in [3.63, 3.8) is 0 Å². The SMILES string of the molecule is CC(C)c1ccc(C=NNc2nc(-c3ccc(Br)cc3)cs2)cc1. The zero-order chi connectivity index (χ0) is 16.9. The first-order valence-corrected chi connectivity index (χ1v) is 9.39. The number of halogens is 1. The zero-order valence-corrected chi connectivity index (χ0v) is 15.9. The summed E-state index contributed by atoms with van der Waals surface area (Å²) in [7, 11) is 0. The summed E-state index contributed by atoms with van der Waals surface area (Å²) < 4.78 is 1.06. The van der Waals surface area contributed by atoms with Crippen LogP contribution in [0.25, 0.3) is 11.3 Å². The van der Waals surface area contributed by atoms with Crippen molar-refractivity contribution in [2.45, 2.75) is 19.8 Å². The van der Waals surface area contributed by atoms with E-state index in [1.807, 2.05) is 35.9 Å². The molecule has 24 heavy (non-hydrogen) atoms. The van der Waals surface area contributed by atoms with Crippen molar-refractivity contribution in [2.75, 3.05) is 5.43 Å². The van der Waals surface area contributed by atoms with Gasteiger partial charge in [-0.05, 0) is 29.2 Å². The number of anilines is 1. The van der Waals surface area contributed by atoms with Crippen LogP contribution in [0.4, 0.5) is 5.13 Å². The molecule has 0 amide bonds. The Morgan fingerprint density at radius 2 is 1.79 bits per heavy atom. The summed E-state index contributed by atoms with van der Waals surface area (Å²) in [6.45, 7) is 4.38. The van der Waals surface area contributed by atoms with Crippen LogP contribution in [0.2, 0.25) is 0 Å². The first-order valence-electron chi connectivity index (χ1n) is 7.72. The molecule has 3 rings (SSSR count). The number of hydrogen-bond donors (Lipinski definition) is 1. The van der Waals surface area contributed by atoms with Crippen LogP contribution in [0.3, 0.4) is 0 Å². The summed E-state index contributed by atoms with van der Waals surface area (Å²) in [5, 5.41) is 7.08. The van der Waals surface area contributed by atoms with Crippen LogP contribution in [-0.4, -0.2) is 11.2 Å². The van der Waals surface area contributed by atoms with Gasteiger partial charge in [-0.25, -0.2) is 4.98 Å². The minimum Gasteiger partial charge on any atom is -0.253 e. The lowest BCUT2D eigenvalue weighted by atomic mass is 10.0. The highest BCUT2D eigenvalue weighted by atomic mass is 79.9. The molecule has 0 aliphatic carbocycles. The van der Waals surface area contributed by atoms with Crippen LogP contribution in [0.1, 0.15) is 30.9 Å². The van der Waals surface area contributed by atoms with Gasteiger partial charge in [-0.3, -0.25) is 5.43 Å². The number of thiazole rings is 1. The van der Waals surface area contributed by atoms with Gasteiger partial charge in [0.25, 0.3) is 0 Å². The van der Waals surface area contributed by atoms with Crippen molar-refractivity contribution in [3.05, 3.63) is 69.5 Å². The Kier molecular flexibility index (Phi) is 5.43. The van der Waals surface area contributed by atoms with Gasteiger partial charge in [0, 0.05) is 15.4 Å². The van der Waals surface area contributed by atoms with E-state index in [1.165, 1.54) is 5.56 Å². The summed E-state index contributed by atoms with van der Waals surface area (Å²) in [6.07, 6.45) is 1.81. The number of benzene rings is 2. The molecular weight excluding hydrogens is 382 g/mol. The number of aromatic nitrogens is 1. The van der Waals surface area contributed by atoms with Crippen molar-refractivity contribution in [1.82, 2.24) is 4.98 Å².